The Balaban J connectivity index is 1.44. The Labute approximate surface area is 148 Å². The zero-order valence-corrected chi connectivity index (χ0v) is 14.3. The monoisotopic (exact) mass is 337 g/mol. The molecule has 1 heterocycles. The predicted molar refractivity (Wildman–Crippen MR) is 95.6 cm³/mol. The standard InChI is InChI=1S/C21H23NO3/c23-13-20-19-7-2-1-4-16(19)10-11-22(20)21(24)14-25-18-9-8-15-5-3-6-17(15)12-18/h1-2,4,7-9,12,20,23H,3,5-6,10-11,13-14H2. The SMILES string of the molecule is O=C(COc1ccc2c(c1)CCC2)N1CCc2ccccc2C1CO. The van der Waals surface area contributed by atoms with Gasteiger partial charge in [0.25, 0.3) is 5.91 Å². The van der Waals surface area contributed by atoms with Gasteiger partial charge >= 0.3 is 0 Å². The van der Waals surface area contributed by atoms with Gasteiger partial charge < -0.3 is 14.7 Å². The first kappa shape index (κ1) is 16.2. The Kier molecular flexibility index (Phi) is 4.45. The average Bonchev–Trinajstić information content (AvgIpc) is 3.13. The molecule has 4 rings (SSSR count). The first-order chi connectivity index (χ1) is 12.3. The van der Waals surface area contributed by atoms with Crippen LogP contribution in [0.4, 0.5) is 0 Å². The lowest BCUT2D eigenvalue weighted by molar-refractivity contribution is -0.137. The molecule has 4 heteroatoms. The molecule has 1 aliphatic heterocycles. The van der Waals surface area contributed by atoms with Crippen molar-refractivity contribution in [1.82, 2.24) is 4.90 Å². The summed E-state index contributed by atoms with van der Waals surface area (Å²) in [6, 6.07) is 13.9. The van der Waals surface area contributed by atoms with Crippen LogP contribution in [0.3, 0.4) is 0 Å². The van der Waals surface area contributed by atoms with Gasteiger partial charge in [0, 0.05) is 6.54 Å². The zero-order valence-electron chi connectivity index (χ0n) is 14.3. The lowest BCUT2D eigenvalue weighted by Gasteiger charge is -2.36. The molecule has 2 aromatic carbocycles. The third kappa shape index (κ3) is 3.14. The molecule has 2 aromatic rings. The van der Waals surface area contributed by atoms with E-state index in [1.54, 1.807) is 4.90 Å². The van der Waals surface area contributed by atoms with E-state index in [9.17, 15) is 9.90 Å². The van der Waals surface area contributed by atoms with Crippen molar-refractivity contribution < 1.29 is 14.6 Å². The molecule has 0 spiro atoms. The summed E-state index contributed by atoms with van der Waals surface area (Å²) < 4.78 is 5.75. The van der Waals surface area contributed by atoms with Crippen LogP contribution in [0.1, 0.15) is 34.7 Å². The number of benzene rings is 2. The van der Waals surface area contributed by atoms with Crippen molar-refractivity contribution in [3.8, 4) is 5.75 Å². The number of aliphatic hydroxyl groups excluding tert-OH is 1. The molecular weight excluding hydrogens is 314 g/mol. The second-order valence-electron chi connectivity index (χ2n) is 6.81. The van der Waals surface area contributed by atoms with Crippen molar-refractivity contribution in [1.29, 1.82) is 0 Å². The molecule has 2 aliphatic rings. The molecule has 25 heavy (non-hydrogen) atoms. The lowest BCUT2D eigenvalue weighted by atomic mass is 9.93. The van der Waals surface area contributed by atoms with Crippen molar-refractivity contribution >= 4 is 5.91 Å². The number of carbonyl (C=O) groups excluding carboxylic acids is 1. The van der Waals surface area contributed by atoms with Crippen molar-refractivity contribution in [3.05, 3.63) is 64.7 Å². The molecule has 0 fully saturated rings. The number of hydrogen-bond donors (Lipinski definition) is 1. The van der Waals surface area contributed by atoms with Crippen molar-refractivity contribution in [2.45, 2.75) is 31.7 Å². The predicted octanol–water partition coefficient (Wildman–Crippen LogP) is 2.67. The highest BCUT2D eigenvalue weighted by atomic mass is 16.5. The van der Waals surface area contributed by atoms with Crippen molar-refractivity contribution in [2.24, 2.45) is 0 Å². The molecule has 1 atom stereocenters. The summed E-state index contributed by atoms with van der Waals surface area (Å²) in [4.78, 5) is 14.4. The van der Waals surface area contributed by atoms with Crippen LogP contribution >= 0.6 is 0 Å². The van der Waals surface area contributed by atoms with Crippen LogP contribution in [-0.2, 0) is 24.1 Å². The van der Waals surface area contributed by atoms with Crippen molar-refractivity contribution in [2.75, 3.05) is 19.8 Å². The van der Waals surface area contributed by atoms with Crippen LogP contribution in [0.25, 0.3) is 0 Å². The fourth-order valence-corrected chi connectivity index (χ4v) is 4.01. The summed E-state index contributed by atoms with van der Waals surface area (Å²) in [5.41, 5.74) is 4.99. The normalized spacial score (nSPS) is 18.6. The van der Waals surface area contributed by atoms with Gasteiger partial charge in [0.05, 0.1) is 12.6 Å². The summed E-state index contributed by atoms with van der Waals surface area (Å²) in [5.74, 6) is 0.681. The van der Waals surface area contributed by atoms with E-state index in [4.69, 9.17) is 4.74 Å². The highest BCUT2D eigenvalue weighted by Gasteiger charge is 2.30. The molecule has 0 aromatic heterocycles. The molecular formula is C21H23NO3. The van der Waals surface area contributed by atoms with E-state index in [1.807, 2.05) is 24.3 Å². The van der Waals surface area contributed by atoms with Gasteiger partial charge in [-0.25, -0.2) is 0 Å². The Morgan fingerprint density at radius 1 is 1.08 bits per heavy atom. The number of nitrogens with zero attached hydrogens (tertiary/aromatic N) is 1. The molecule has 4 nitrogen and oxygen atoms in total. The Hall–Kier alpha value is -2.33. The summed E-state index contributed by atoms with van der Waals surface area (Å²) in [6.45, 7) is 0.563. The van der Waals surface area contributed by atoms with E-state index in [-0.39, 0.29) is 25.2 Å². The number of ether oxygens (including phenoxy) is 1. The molecule has 1 amide bonds. The molecule has 0 radical (unpaired) electrons. The van der Waals surface area contributed by atoms with Gasteiger partial charge in [0.2, 0.25) is 0 Å². The van der Waals surface area contributed by atoms with E-state index < -0.39 is 0 Å². The van der Waals surface area contributed by atoms with E-state index in [0.717, 1.165) is 30.6 Å². The van der Waals surface area contributed by atoms with E-state index >= 15 is 0 Å². The quantitative estimate of drug-likeness (QED) is 0.933. The highest BCUT2D eigenvalue weighted by Crippen LogP contribution is 2.30. The topological polar surface area (TPSA) is 49.8 Å². The summed E-state index contributed by atoms with van der Waals surface area (Å²) >= 11 is 0. The van der Waals surface area contributed by atoms with Crippen LogP contribution in [0, 0.1) is 0 Å². The zero-order chi connectivity index (χ0) is 17.2. The summed E-state index contributed by atoms with van der Waals surface area (Å²) in [7, 11) is 0. The van der Waals surface area contributed by atoms with Gasteiger partial charge in [-0.3, -0.25) is 4.79 Å². The van der Waals surface area contributed by atoms with E-state index in [2.05, 4.69) is 18.2 Å². The van der Waals surface area contributed by atoms with Crippen LogP contribution in [-0.4, -0.2) is 35.7 Å². The van der Waals surface area contributed by atoms with Gasteiger partial charge in [0.15, 0.2) is 6.61 Å². The minimum Gasteiger partial charge on any atom is -0.484 e. The van der Waals surface area contributed by atoms with Gasteiger partial charge in [-0.1, -0.05) is 30.3 Å². The van der Waals surface area contributed by atoms with Gasteiger partial charge in [-0.15, -0.1) is 0 Å². The second-order valence-corrected chi connectivity index (χ2v) is 6.81. The van der Waals surface area contributed by atoms with Crippen LogP contribution in [0.15, 0.2) is 42.5 Å². The molecule has 0 saturated carbocycles. The maximum Gasteiger partial charge on any atom is 0.261 e. The smallest absolute Gasteiger partial charge is 0.261 e. The Morgan fingerprint density at radius 3 is 2.80 bits per heavy atom. The number of aliphatic hydroxyl groups is 1. The first-order valence-electron chi connectivity index (χ1n) is 8.99. The minimum atomic E-state index is -0.277. The largest absolute Gasteiger partial charge is 0.484 e. The second kappa shape index (κ2) is 6.89. The minimum absolute atomic E-state index is 0.0114. The molecule has 130 valence electrons. The third-order valence-corrected chi connectivity index (χ3v) is 5.34. The first-order valence-corrected chi connectivity index (χ1v) is 8.99. The van der Waals surface area contributed by atoms with Gasteiger partial charge in [0.1, 0.15) is 5.75 Å². The average molecular weight is 337 g/mol. The maximum atomic E-state index is 12.7. The molecule has 1 aliphatic carbocycles. The Morgan fingerprint density at radius 2 is 1.92 bits per heavy atom. The number of amides is 1. The van der Waals surface area contributed by atoms with Crippen LogP contribution < -0.4 is 4.74 Å². The van der Waals surface area contributed by atoms with Gasteiger partial charge in [-0.2, -0.15) is 0 Å². The molecule has 1 N–H and O–H groups in total. The van der Waals surface area contributed by atoms with Gasteiger partial charge in [-0.05, 0) is 60.1 Å². The number of rotatable bonds is 4. The third-order valence-electron chi connectivity index (χ3n) is 5.34. The fourth-order valence-electron chi connectivity index (χ4n) is 4.01. The maximum absolute atomic E-state index is 12.7. The summed E-state index contributed by atoms with van der Waals surface area (Å²) in [6.07, 6.45) is 4.25. The van der Waals surface area contributed by atoms with E-state index in [0.29, 0.717) is 6.54 Å². The number of carbonyl (C=O) groups is 1. The number of aryl methyl sites for hydroxylation is 2. The highest BCUT2D eigenvalue weighted by molar-refractivity contribution is 5.78. The lowest BCUT2D eigenvalue weighted by Crippen LogP contribution is -2.43. The van der Waals surface area contributed by atoms with E-state index in [1.165, 1.54) is 23.1 Å². The summed E-state index contributed by atoms with van der Waals surface area (Å²) in [5, 5.41) is 9.81. The van der Waals surface area contributed by atoms with Crippen LogP contribution in [0.5, 0.6) is 5.75 Å². The molecule has 0 saturated heterocycles. The molecule has 0 bridgehead atoms. The number of fused-ring (bicyclic) bond motifs is 2. The fraction of sp³-hybridized carbons (Fsp3) is 0.381. The Bertz CT molecular complexity index is 786. The van der Waals surface area contributed by atoms with Crippen LogP contribution in [0.2, 0.25) is 0 Å². The number of hydrogen-bond acceptors (Lipinski definition) is 3. The van der Waals surface area contributed by atoms with Crippen molar-refractivity contribution in [3.63, 3.8) is 0 Å². The molecule has 1 unspecified atom stereocenters.